The molecule has 134 valence electrons. The fourth-order valence-corrected chi connectivity index (χ4v) is 2.65. The SMILES string of the molecule is O=C(O)C1=Cc2cc(C(=O)c3ccc(Cl)cc3)ccc2O[C@@H]1C(F)(F)F. The van der Waals surface area contributed by atoms with Crippen LogP contribution in [0.5, 0.6) is 5.75 Å². The number of carbonyl (C=O) groups is 2. The van der Waals surface area contributed by atoms with Crippen molar-refractivity contribution in [1.82, 2.24) is 0 Å². The summed E-state index contributed by atoms with van der Waals surface area (Å²) in [5, 5.41) is 9.50. The van der Waals surface area contributed by atoms with Gasteiger partial charge in [0, 0.05) is 21.7 Å². The molecular weight excluding hydrogens is 373 g/mol. The number of ketones is 1. The zero-order valence-corrected chi connectivity index (χ0v) is 13.6. The van der Waals surface area contributed by atoms with Gasteiger partial charge in [-0.3, -0.25) is 4.79 Å². The van der Waals surface area contributed by atoms with Gasteiger partial charge in [-0.1, -0.05) is 11.6 Å². The minimum absolute atomic E-state index is 0.0858. The molecule has 0 aliphatic carbocycles. The number of ether oxygens (including phenoxy) is 1. The first-order valence-electron chi connectivity index (χ1n) is 7.29. The molecule has 0 saturated carbocycles. The monoisotopic (exact) mass is 382 g/mol. The highest BCUT2D eigenvalue weighted by molar-refractivity contribution is 6.30. The van der Waals surface area contributed by atoms with Crippen LogP contribution in [0.15, 0.2) is 48.0 Å². The number of carboxylic acid groups (broad SMARTS) is 1. The number of hydrogen-bond acceptors (Lipinski definition) is 3. The minimum Gasteiger partial charge on any atom is -0.478 e. The lowest BCUT2D eigenvalue weighted by molar-refractivity contribution is -0.187. The van der Waals surface area contributed by atoms with Crippen molar-refractivity contribution in [1.29, 1.82) is 0 Å². The average Bonchev–Trinajstić information content (AvgIpc) is 2.59. The fraction of sp³-hybridized carbons (Fsp3) is 0.111. The molecule has 2 aromatic rings. The zero-order valence-electron chi connectivity index (χ0n) is 12.9. The molecule has 3 rings (SSSR count). The first-order valence-corrected chi connectivity index (χ1v) is 7.67. The van der Waals surface area contributed by atoms with Crippen molar-refractivity contribution in [2.24, 2.45) is 0 Å². The van der Waals surface area contributed by atoms with E-state index in [1.807, 2.05) is 0 Å². The van der Waals surface area contributed by atoms with E-state index in [-0.39, 0.29) is 22.7 Å². The van der Waals surface area contributed by atoms with Crippen LogP contribution in [-0.2, 0) is 4.79 Å². The third-order valence-corrected chi connectivity index (χ3v) is 4.01. The van der Waals surface area contributed by atoms with Crippen molar-refractivity contribution < 1.29 is 32.6 Å². The third kappa shape index (κ3) is 3.43. The maximum atomic E-state index is 13.0. The predicted molar refractivity (Wildman–Crippen MR) is 87.4 cm³/mol. The average molecular weight is 383 g/mol. The number of rotatable bonds is 3. The van der Waals surface area contributed by atoms with E-state index in [4.69, 9.17) is 21.4 Å². The molecule has 0 unspecified atom stereocenters. The summed E-state index contributed by atoms with van der Waals surface area (Å²) in [4.78, 5) is 23.6. The fourth-order valence-electron chi connectivity index (χ4n) is 2.53. The van der Waals surface area contributed by atoms with Crippen LogP contribution in [0.1, 0.15) is 21.5 Å². The van der Waals surface area contributed by atoms with Crippen LogP contribution in [0.4, 0.5) is 13.2 Å². The molecule has 0 aromatic heterocycles. The number of halogens is 4. The normalized spacial score (nSPS) is 16.3. The summed E-state index contributed by atoms with van der Waals surface area (Å²) in [5.41, 5.74) is -0.341. The number of benzene rings is 2. The molecule has 1 atom stereocenters. The Hall–Kier alpha value is -2.80. The van der Waals surface area contributed by atoms with Gasteiger partial charge >= 0.3 is 12.1 Å². The topological polar surface area (TPSA) is 63.6 Å². The molecule has 0 spiro atoms. The number of hydrogen-bond donors (Lipinski definition) is 1. The number of aliphatic carboxylic acids is 1. The molecule has 1 N–H and O–H groups in total. The second kappa shape index (κ2) is 6.49. The van der Waals surface area contributed by atoms with Crippen LogP contribution in [0.25, 0.3) is 6.08 Å². The smallest absolute Gasteiger partial charge is 0.430 e. The van der Waals surface area contributed by atoms with E-state index in [9.17, 15) is 22.8 Å². The standard InChI is InChI=1S/C18H10ClF3O4/c19-12-4-1-9(2-5-12)15(23)10-3-6-14-11(7-10)8-13(17(24)25)16(26-14)18(20,21)22/h1-8,16H,(H,24,25)/t16-/m0/s1. The lowest BCUT2D eigenvalue weighted by Crippen LogP contribution is -2.40. The number of carboxylic acids is 1. The Labute approximate surface area is 150 Å². The van der Waals surface area contributed by atoms with Crippen molar-refractivity contribution in [3.05, 3.63) is 69.8 Å². The van der Waals surface area contributed by atoms with Crippen molar-refractivity contribution in [2.45, 2.75) is 12.3 Å². The van der Waals surface area contributed by atoms with Gasteiger partial charge in [-0.05, 0) is 48.5 Å². The molecule has 4 nitrogen and oxygen atoms in total. The Bertz CT molecular complexity index is 917. The largest absolute Gasteiger partial charge is 0.478 e. The van der Waals surface area contributed by atoms with Crippen molar-refractivity contribution in [3.63, 3.8) is 0 Å². The Balaban J connectivity index is 2.01. The van der Waals surface area contributed by atoms with E-state index in [2.05, 4.69) is 0 Å². The van der Waals surface area contributed by atoms with E-state index in [0.29, 0.717) is 10.6 Å². The second-order valence-corrected chi connectivity index (χ2v) is 5.97. The molecule has 1 aliphatic rings. The van der Waals surface area contributed by atoms with Gasteiger partial charge < -0.3 is 9.84 Å². The quantitative estimate of drug-likeness (QED) is 0.801. The van der Waals surface area contributed by atoms with Crippen LogP contribution < -0.4 is 4.74 Å². The second-order valence-electron chi connectivity index (χ2n) is 5.53. The molecule has 1 aliphatic heterocycles. The molecular formula is C18H10ClF3O4. The summed E-state index contributed by atoms with van der Waals surface area (Å²) in [6, 6.07) is 9.92. The van der Waals surface area contributed by atoms with Gasteiger partial charge in [-0.15, -0.1) is 0 Å². The highest BCUT2D eigenvalue weighted by Crippen LogP contribution is 2.37. The van der Waals surface area contributed by atoms with Gasteiger partial charge in [0.05, 0.1) is 5.57 Å². The lowest BCUT2D eigenvalue weighted by atomic mass is 9.96. The highest BCUT2D eigenvalue weighted by atomic mass is 35.5. The molecule has 26 heavy (non-hydrogen) atoms. The van der Waals surface area contributed by atoms with Crippen LogP contribution >= 0.6 is 11.6 Å². The third-order valence-electron chi connectivity index (χ3n) is 3.76. The number of carbonyl (C=O) groups excluding carboxylic acids is 1. The van der Waals surface area contributed by atoms with Crippen LogP contribution in [0, 0.1) is 0 Å². The predicted octanol–water partition coefficient (Wildman–Crippen LogP) is 4.36. The van der Waals surface area contributed by atoms with Crippen molar-refractivity contribution in [3.8, 4) is 5.75 Å². The number of alkyl halides is 3. The lowest BCUT2D eigenvalue weighted by Gasteiger charge is -2.27. The van der Waals surface area contributed by atoms with E-state index in [0.717, 1.165) is 6.08 Å². The molecule has 0 radical (unpaired) electrons. The van der Waals surface area contributed by atoms with Gasteiger partial charge in [0.2, 0.25) is 6.10 Å². The van der Waals surface area contributed by atoms with Crippen LogP contribution in [-0.4, -0.2) is 29.1 Å². The first-order chi connectivity index (χ1) is 12.2. The Kier molecular flexibility index (Phi) is 4.50. The van der Waals surface area contributed by atoms with Crippen molar-refractivity contribution >= 4 is 29.4 Å². The van der Waals surface area contributed by atoms with Gasteiger partial charge in [0.25, 0.3) is 0 Å². The van der Waals surface area contributed by atoms with E-state index in [1.165, 1.54) is 42.5 Å². The Morgan fingerprint density at radius 1 is 1.04 bits per heavy atom. The first kappa shape index (κ1) is 18.0. The van der Waals surface area contributed by atoms with E-state index in [1.54, 1.807) is 0 Å². The van der Waals surface area contributed by atoms with Gasteiger partial charge in [0.1, 0.15) is 5.75 Å². The van der Waals surface area contributed by atoms with Crippen LogP contribution in [0.2, 0.25) is 5.02 Å². The van der Waals surface area contributed by atoms with E-state index >= 15 is 0 Å². The molecule has 1 heterocycles. The van der Waals surface area contributed by atoms with Crippen LogP contribution in [0.3, 0.4) is 0 Å². The maximum Gasteiger partial charge on any atom is 0.430 e. The van der Waals surface area contributed by atoms with Gasteiger partial charge in [-0.25, -0.2) is 4.79 Å². The molecule has 0 saturated heterocycles. The molecule has 8 heteroatoms. The minimum atomic E-state index is -4.88. The molecule has 2 aromatic carbocycles. The summed E-state index contributed by atoms with van der Waals surface area (Å²) in [6.45, 7) is 0. The summed E-state index contributed by atoms with van der Waals surface area (Å²) >= 11 is 5.77. The Morgan fingerprint density at radius 3 is 2.23 bits per heavy atom. The molecule has 0 fully saturated rings. The zero-order chi connectivity index (χ0) is 19.1. The molecule has 0 bridgehead atoms. The van der Waals surface area contributed by atoms with Crippen molar-refractivity contribution in [2.75, 3.05) is 0 Å². The van der Waals surface area contributed by atoms with Gasteiger partial charge in [-0.2, -0.15) is 13.2 Å². The summed E-state index contributed by atoms with van der Waals surface area (Å²) in [7, 11) is 0. The van der Waals surface area contributed by atoms with Gasteiger partial charge in [0.15, 0.2) is 5.78 Å². The Morgan fingerprint density at radius 2 is 1.65 bits per heavy atom. The highest BCUT2D eigenvalue weighted by Gasteiger charge is 2.48. The number of fused-ring (bicyclic) bond motifs is 1. The summed E-state index contributed by atoms with van der Waals surface area (Å²) in [6.07, 6.45) is -6.57. The maximum absolute atomic E-state index is 13.0. The molecule has 0 amide bonds. The summed E-state index contributed by atoms with van der Waals surface area (Å²) in [5.74, 6) is -2.27. The van der Waals surface area contributed by atoms with E-state index < -0.39 is 23.8 Å². The summed E-state index contributed by atoms with van der Waals surface area (Å²) < 4.78 is 43.9.